The molecule has 0 aliphatic heterocycles. The van der Waals surface area contributed by atoms with Crippen LogP contribution in [0.2, 0.25) is 0 Å². The van der Waals surface area contributed by atoms with Gasteiger partial charge in [0.15, 0.2) is 0 Å². The van der Waals surface area contributed by atoms with Crippen LogP contribution in [0.5, 0.6) is 0 Å². The molecule has 0 aromatic carbocycles. The molecule has 0 saturated heterocycles. The molecule has 0 atom stereocenters. The maximum Gasteiger partial charge on any atom is 2.00 e. The smallest absolute Gasteiger partial charge is 1.00 e. The Kier molecular flexibility index (Phi) is 1100. The Balaban J connectivity index is 0. The van der Waals surface area contributed by atoms with Crippen molar-refractivity contribution in [2.45, 2.75) is 0 Å². The SMILES string of the molecule is [Br-].[Br-].[Br-].[Br-].[Br-].[Br-].[Br-].[Br-].[Co+2].[W]. The summed E-state index contributed by atoms with van der Waals surface area (Å²) in [6.07, 6.45) is 0. The Bertz CT molecular complexity index is 9.22. The Morgan fingerprint density at radius 1 is 0.300 bits per heavy atom. The third-order valence-electron chi connectivity index (χ3n) is 0. The minimum absolute atomic E-state index is 0. The van der Waals surface area contributed by atoms with Crippen LogP contribution in [0.15, 0.2) is 0 Å². The summed E-state index contributed by atoms with van der Waals surface area (Å²) in [5.41, 5.74) is 0. The summed E-state index contributed by atoms with van der Waals surface area (Å²) in [5.74, 6) is 0. The van der Waals surface area contributed by atoms with Gasteiger partial charge in [-0.05, 0) is 0 Å². The monoisotopic (exact) mass is 874 g/mol. The van der Waals surface area contributed by atoms with E-state index in [-0.39, 0.29) is 174 Å². The number of halogens is 8. The van der Waals surface area contributed by atoms with Crippen LogP contribution in [0.3, 0.4) is 0 Å². The predicted molar refractivity (Wildman–Crippen MR) is 0 cm³/mol. The van der Waals surface area contributed by atoms with Crippen LogP contribution >= 0.6 is 0 Å². The van der Waals surface area contributed by atoms with Gasteiger partial charge in [-0.3, -0.25) is 0 Å². The largest absolute Gasteiger partial charge is 2.00 e. The first-order valence-electron chi connectivity index (χ1n) is 0. The van der Waals surface area contributed by atoms with E-state index in [4.69, 9.17) is 0 Å². The first-order valence-corrected chi connectivity index (χ1v) is 0. The minimum Gasteiger partial charge on any atom is -1.00 e. The van der Waals surface area contributed by atoms with Gasteiger partial charge >= 0.3 is 16.8 Å². The molecule has 0 aliphatic carbocycles. The van der Waals surface area contributed by atoms with E-state index in [0.29, 0.717) is 0 Å². The molecule has 0 spiro atoms. The third kappa shape index (κ3) is 74.5. The van der Waals surface area contributed by atoms with Gasteiger partial charge in [0.05, 0.1) is 0 Å². The third-order valence-corrected chi connectivity index (χ3v) is 0. The average molecular weight is 882 g/mol. The Hall–Kier alpha value is 5.03. The molecule has 0 rings (SSSR count). The molecule has 0 saturated carbocycles. The molecule has 0 bridgehead atoms. The molecule has 0 amide bonds. The van der Waals surface area contributed by atoms with Gasteiger partial charge in [0.2, 0.25) is 0 Å². The summed E-state index contributed by atoms with van der Waals surface area (Å²) in [7, 11) is 0. The fourth-order valence-electron chi connectivity index (χ4n) is 0. The van der Waals surface area contributed by atoms with Crippen molar-refractivity contribution < 1.29 is 174 Å². The molecule has 0 heterocycles. The molecule has 10 heavy (non-hydrogen) atoms. The van der Waals surface area contributed by atoms with Crippen molar-refractivity contribution in [1.82, 2.24) is 0 Å². The quantitative estimate of drug-likeness (QED) is 0.227. The summed E-state index contributed by atoms with van der Waals surface area (Å²) in [6.45, 7) is 0. The zero-order valence-electron chi connectivity index (χ0n) is 3.77. The molecule has 0 nitrogen and oxygen atoms in total. The van der Waals surface area contributed by atoms with E-state index in [9.17, 15) is 0 Å². The normalized spacial score (nSPS) is 0. The maximum absolute atomic E-state index is 0. The van der Waals surface area contributed by atoms with Crippen LogP contribution in [0.1, 0.15) is 0 Å². The van der Waals surface area contributed by atoms with Gasteiger partial charge in [-0.2, -0.15) is 0 Å². The van der Waals surface area contributed by atoms with E-state index in [1.54, 1.807) is 0 Å². The Morgan fingerprint density at radius 3 is 0.300 bits per heavy atom. The van der Waals surface area contributed by atoms with Gasteiger partial charge < -0.3 is 136 Å². The molecular weight excluding hydrogens is 882 g/mol. The number of rotatable bonds is 0. The summed E-state index contributed by atoms with van der Waals surface area (Å²) in [5, 5.41) is 0. The first kappa shape index (κ1) is 117. The van der Waals surface area contributed by atoms with Crippen LogP contribution in [0, 0.1) is 0 Å². The van der Waals surface area contributed by atoms with Gasteiger partial charge in [0.25, 0.3) is 0 Å². The molecule has 0 aromatic heterocycles. The second-order valence-electron chi connectivity index (χ2n) is 0. The van der Waals surface area contributed by atoms with Crippen molar-refractivity contribution in [3.63, 3.8) is 0 Å². The number of hydrogen-bond donors (Lipinski definition) is 0. The van der Waals surface area contributed by atoms with Gasteiger partial charge in [0.1, 0.15) is 0 Å². The van der Waals surface area contributed by atoms with E-state index in [0.717, 1.165) is 0 Å². The van der Waals surface area contributed by atoms with E-state index in [1.165, 1.54) is 0 Å². The molecule has 0 aliphatic rings. The molecule has 0 fully saturated rings. The van der Waals surface area contributed by atoms with Crippen molar-refractivity contribution in [2.75, 3.05) is 0 Å². The van der Waals surface area contributed by atoms with Crippen molar-refractivity contribution in [1.29, 1.82) is 0 Å². The molecule has 1 radical (unpaired) electrons. The van der Waals surface area contributed by atoms with Crippen molar-refractivity contribution in [3.05, 3.63) is 0 Å². The van der Waals surface area contributed by atoms with Crippen molar-refractivity contribution >= 4 is 0 Å². The zero-order valence-corrected chi connectivity index (χ0v) is 20.4. The molecule has 0 unspecified atom stereocenters. The van der Waals surface area contributed by atoms with E-state index < -0.39 is 0 Å². The molecule has 77 valence electrons. The topological polar surface area (TPSA) is 0 Å². The fraction of sp³-hybridized carbons (Fsp3) is 0. The van der Waals surface area contributed by atoms with Crippen LogP contribution < -0.4 is 136 Å². The standard InChI is InChI=1S/8BrH.Co.W/h8*1H;;/q;;;;;;;;+2;/p-8. The maximum atomic E-state index is 0. The summed E-state index contributed by atoms with van der Waals surface area (Å²) < 4.78 is 0. The van der Waals surface area contributed by atoms with Gasteiger partial charge in [-0.25, -0.2) is 0 Å². The second-order valence-corrected chi connectivity index (χ2v) is 0. The average Bonchev–Trinajstić information content (AvgIpc) is 0. The van der Waals surface area contributed by atoms with Gasteiger partial charge in [0, 0.05) is 21.1 Å². The molecular formula is Br8CoW-6. The Morgan fingerprint density at radius 2 is 0.300 bits per heavy atom. The minimum atomic E-state index is 0. The molecule has 10 heteroatoms. The van der Waals surface area contributed by atoms with E-state index in [1.807, 2.05) is 0 Å². The predicted octanol–water partition coefficient (Wildman–Crippen LogP) is -24.0. The van der Waals surface area contributed by atoms with Crippen molar-refractivity contribution in [2.24, 2.45) is 0 Å². The van der Waals surface area contributed by atoms with Crippen LogP contribution in [0.25, 0.3) is 0 Å². The van der Waals surface area contributed by atoms with Crippen molar-refractivity contribution in [3.8, 4) is 0 Å². The van der Waals surface area contributed by atoms with E-state index in [2.05, 4.69) is 0 Å². The fourth-order valence-corrected chi connectivity index (χ4v) is 0. The van der Waals surface area contributed by atoms with Gasteiger partial charge in [-0.15, -0.1) is 0 Å². The molecule has 0 N–H and O–H groups in total. The Labute approximate surface area is 170 Å². The van der Waals surface area contributed by atoms with Crippen LogP contribution in [-0.2, 0) is 37.8 Å². The van der Waals surface area contributed by atoms with Crippen LogP contribution in [-0.4, -0.2) is 0 Å². The molecule has 0 aromatic rings. The second kappa shape index (κ2) is 94.1. The zero-order chi connectivity index (χ0) is 0. The number of hydrogen-bond acceptors (Lipinski definition) is 0. The first-order chi connectivity index (χ1) is 0. The van der Waals surface area contributed by atoms with Crippen LogP contribution in [0.4, 0.5) is 0 Å². The summed E-state index contributed by atoms with van der Waals surface area (Å²) >= 11 is 0. The van der Waals surface area contributed by atoms with E-state index >= 15 is 0 Å². The van der Waals surface area contributed by atoms with Gasteiger partial charge in [-0.1, -0.05) is 0 Å². The summed E-state index contributed by atoms with van der Waals surface area (Å²) in [6, 6.07) is 0. The summed E-state index contributed by atoms with van der Waals surface area (Å²) in [4.78, 5) is 0.